The number of carbonyl (C=O) groups is 1. The van der Waals surface area contributed by atoms with Crippen LogP contribution in [0, 0.1) is 5.92 Å². The molecule has 2 N–H and O–H groups in total. The molecule has 1 aromatic carbocycles. The van der Waals surface area contributed by atoms with Crippen LogP contribution in [0.25, 0.3) is 11.0 Å². The molecule has 7 heteroatoms. The molecule has 1 aliphatic carbocycles. The van der Waals surface area contributed by atoms with Gasteiger partial charge in [0.25, 0.3) is 0 Å². The molecule has 0 fully saturated rings. The summed E-state index contributed by atoms with van der Waals surface area (Å²) in [6.45, 7) is 2.27. The Bertz CT molecular complexity index is 853. The number of aromatic amines is 1. The second-order valence-electron chi connectivity index (χ2n) is 6.13. The van der Waals surface area contributed by atoms with Gasteiger partial charge in [0.15, 0.2) is 10.3 Å². The lowest BCUT2D eigenvalue weighted by Gasteiger charge is -2.15. The third-order valence-electron chi connectivity index (χ3n) is 4.14. The van der Waals surface area contributed by atoms with Crippen molar-refractivity contribution in [2.45, 2.75) is 31.3 Å². The highest BCUT2D eigenvalue weighted by molar-refractivity contribution is 7.99. The molecular formula is C17H18N4OS2. The lowest BCUT2D eigenvalue weighted by molar-refractivity contribution is -0.113. The molecule has 1 atom stereocenters. The first kappa shape index (κ1) is 15.7. The predicted octanol–water partition coefficient (Wildman–Crippen LogP) is 3.88. The molecule has 1 aliphatic rings. The number of nitrogens with one attached hydrogen (secondary N) is 2. The van der Waals surface area contributed by atoms with Crippen molar-refractivity contribution in [3.8, 4) is 0 Å². The molecule has 0 radical (unpaired) electrons. The number of aromatic nitrogens is 3. The number of aryl methyl sites for hydroxylation is 1. The Balaban J connectivity index is 1.36. The van der Waals surface area contributed by atoms with Crippen LogP contribution in [0.3, 0.4) is 0 Å². The largest absolute Gasteiger partial charge is 0.333 e. The molecule has 2 aromatic heterocycles. The van der Waals surface area contributed by atoms with Crippen LogP contribution in [-0.2, 0) is 17.6 Å². The highest BCUT2D eigenvalue weighted by Crippen LogP contribution is 2.32. The summed E-state index contributed by atoms with van der Waals surface area (Å²) in [4.78, 5) is 25.8. The Labute approximate surface area is 148 Å². The molecule has 0 unspecified atom stereocenters. The predicted molar refractivity (Wildman–Crippen MR) is 98.8 cm³/mol. The Kier molecular flexibility index (Phi) is 4.28. The van der Waals surface area contributed by atoms with Crippen LogP contribution in [0.4, 0.5) is 5.13 Å². The first-order chi connectivity index (χ1) is 11.7. The number of hydrogen-bond acceptors (Lipinski definition) is 5. The van der Waals surface area contributed by atoms with Crippen molar-refractivity contribution in [2.24, 2.45) is 5.92 Å². The van der Waals surface area contributed by atoms with E-state index in [1.165, 1.54) is 28.8 Å². The summed E-state index contributed by atoms with van der Waals surface area (Å²) in [7, 11) is 0. The van der Waals surface area contributed by atoms with Crippen molar-refractivity contribution in [1.29, 1.82) is 0 Å². The van der Waals surface area contributed by atoms with E-state index in [4.69, 9.17) is 0 Å². The molecule has 3 aromatic rings. The first-order valence-corrected chi connectivity index (χ1v) is 9.83. The van der Waals surface area contributed by atoms with E-state index in [1.54, 1.807) is 11.3 Å². The van der Waals surface area contributed by atoms with Crippen molar-refractivity contribution in [3.05, 3.63) is 34.8 Å². The number of H-pyrrole nitrogens is 1. The van der Waals surface area contributed by atoms with E-state index in [0.717, 1.165) is 34.2 Å². The molecule has 4 rings (SSSR count). The van der Waals surface area contributed by atoms with Crippen LogP contribution in [-0.4, -0.2) is 26.6 Å². The summed E-state index contributed by atoms with van der Waals surface area (Å²) in [5, 5.41) is 4.41. The number of nitrogens with zero attached hydrogens (tertiary/aromatic N) is 2. The average Bonchev–Trinajstić information content (AvgIpc) is 3.15. The van der Waals surface area contributed by atoms with Gasteiger partial charge in [-0.15, -0.1) is 11.3 Å². The molecule has 0 aliphatic heterocycles. The average molecular weight is 358 g/mol. The number of fused-ring (bicyclic) bond motifs is 2. The Hall–Kier alpha value is -1.86. The minimum Gasteiger partial charge on any atom is -0.333 e. The minimum atomic E-state index is -0.0420. The second-order valence-corrected chi connectivity index (χ2v) is 8.18. The van der Waals surface area contributed by atoms with Gasteiger partial charge in [0.1, 0.15) is 0 Å². The number of carbonyl (C=O) groups excluding carboxylic acids is 1. The molecule has 124 valence electrons. The molecule has 0 bridgehead atoms. The van der Waals surface area contributed by atoms with Gasteiger partial charge in [0.05, 0.1) is 22.5 Å². The molecule has 1 amide bonds. The van der Waals surface area contributed by atoms with Crippen LogP contribution in [0.5, 0.6) is 0 Å². The smallest absolute Gasteiger partial charge is 0.236 e. The number of thioether (sulfide) groups is 1. The molecule has 5 nitrogen and oxygen atoms in total. The zero-order chi connectivity index (χ0) is 16.5. The Morgan fingerprint density at radius 2 is 2.29 bits per heavy atom. The SMILES string of the molecule is C[C@@H]1CCc2nc(NC(=O)CSc3nc4ccccc4[nH]3)sc2C1. The third-order valence-corrected chi connectivity index (χ3v) is 6.05. The summed E-state index contributed by atoms with van der Waals surface area (Å²) >= 11 is 3.02. The summed E-state index contributed by atoms with van der Waals surface area (Å²) in [5.74, 6) is 0.991. The highest BCUT2D eigenvalue weighted by atomic mass is 32.2. The maximum atomic E-state index is 12.2. The van der Waals surface area contributed by atoms with Crippen molar-refractivity contribution in [1.82, 2.24) is 15.0 Å². The van der Waals surface area contributed by atoms with Gasteiger partial charge in [-0.05, 0) is 37.3 Å². The maximum Gasteiger partial charge on any atom is 0.236 e. The van der Waals surface area contributed by atoms with Gasteiger partial charge in [-0.2, -0.15) is 0 Å². The molecule has 0 spiro atoms. The lowest BCUT2D eigenvalue weighted by atomic mass is 9.93. The van der Waals surface area contributed by atoms with Gasteiger partial charge in [-0.1, -0.05) is 30.8 Å². The van der Waals surface area contributed by atoms with Crippen LogP contribution in [0.2, 0.25) is 0 Å². The molecule has 0 saturated carbocycles. The zero-order valence-electron chi connectivity index (χ0n) is 13.3. The number of rotatable bonds is 4. The topological polar surface area (TPSA) is 70.7 Å². The van der Waals surface area contributed by atoms with Gasteiger partial charge >= 0.3 is 0 Å². The minimum absolute atomic E-state index is 0.0420. The van der Waals surface area contributed by atoms with Crippen molar-refractivity contribution < 1.29 is 4.79 Å². The summed E-state index contributed by atoms with van der Waals surface area (Å²) in [5.41, 5.74) is 3.07. The number of imidazole rings is 1. The van der Waals surface area contributed by atoms with Crippen LogP contribution in [0.15, 0.2) is 29.4 Å². The molecular weight excluding hydrogens is 340 g/mol. The molecule has 24 heavy (non-hydrogen) atoms. The number of hydrogen-bond donors (Lipinski definition) is 2. The molecule has 2 heterocycles. The van der Waals surface area contributed by atoms with E-state index in [9.17, 15) is 4.79 Å². The first-order valence-electron chi connectivity index (χ1n) is 8.03. The fourth-order valence-electron chi connectivity index (χ4n) is 2.88. The second kappa shape index (κ2) is 6.57. The number of amides is 1. The van der Waals surface area contributed by atoms with Gasteiger partial charge in [0.2, 0.25) is 5.91 Å². The van der Waals surface area contributed by atoms with E-state index in [1.807, 2.05) is 24.3 Å². The summed E-state index contributed by atoms with van der Waals surface area (Å²) in [6.07, 6.45) is 3.29. The van der Waals surface area contributed by atoms with Gasteiger partial charge < -0.3 is 10.3 Å². The zero-order valence-corrected chi connectivity index (χ0v) is 15.0. The number of anilines is 1. The van der Waals surface area contributed by atoms with Gasteiger partial charge in [-0.25, -0.2) is 9.97 Å². The van der Waals surface area contributed by atoms with E-state index in [2.05, 4.69) is 27.2 Å². The van der Waals surface area contributed by atoms with Crippen LogP contribution >= 0.6 is 23.1 Å². The normalized spacial score (nSPS) is 17.0. The summed E-state index contributed by atoms with van der Waals surface area (Å²) in [6, 6.07) is 7.85. The number of thiazole rings is 1. The Morgan fingerprint density at radius 3 is 3.17 bits per heavy atom. The van der Waals surface area contributed by atoms with Crippen molar-refractivity contribution >= 4 is 45.2 Å². The van der Waals surface area contributed by atoms with Crippen LogP contribution in [0.1, 0.15) is 23.9 Å². The fourth-order valence-corrected chi connectivity index (χ4v) is 4.75. The standard InChI is InChI=1S/C17H18N4OS2/c1-10-6-7-13-14(8-10)24-17(20-13)21-15(22)9-23-16-18-11-4-2-3-5-12(11)19-16/h2-5,10H,6-9H2,1H3,(H,18,19)(H,20,21,22)/t10-/m1/s1. The maximum absolute atomic E-state index is 12.2. The van der Waals surface area contributed by atoms with Gasteiger partial charge in [0, 0.05) is 4.88 Å². The number of benzene rings is 1. The quantitative estimate of drug-likeness (QED) is 0.695. The number of para-hydroxylation sites is 2. The van der Waals surface area contributed by atoms with Crippen LogP contribution < -0.4 is 5.32 Å². The lowest BCUT2D eigenvalue weighted by Crippen LogP contribution is -2.14. The third kappa shape index (κ3) is 3.32. The van der Waals surface area contributed by atoms with Crippen molar-refractivity contribution in [3.63, 3.8) is 0 Å². The fraction of sp³-hybridized carbons (Fsp3) is 0.353. The highest BCUT2D eigenvalue weighted by Gasteiger charge is 2.20. The van der Waals surface area contributed by atoms with E-state index in [0.29, 0.717) is 11.7 Å². The summed E-state index contributed by atoms with van der Waals surface area (Å²) < 4.78 is 0. The van der Waals surface area contributed by atoms with E-state index >= 15 is 0 Å². The van der Waals surface area contributed by atoms with E-state index < -0.39 is 0 Å². The van der Waals surface area contributed by atoms with Crippen molar-refractivity contribution in [2.75, 3.05) is 11.1 Å². The Morgan fingerprint density at radius 1 is 1.42 bits per heavy atom. The monoisotopic (exact) mass is 358 g/mol. The molecule has 0 saturated heterocycles. The van der Waals surface area contributed by atoms with Gasteiger partial charge in [-0.3, -0.25) is 4.79 Å². The van der Waals surface area contributed by atoms with E-state index in [-0.39, 0.29) is 5.91 Å².